The van der Waals surface area contributed by atoms with Gasteiger partial charge in [0.2, 0.25) is 5.95 Å². The summed E-state index contributed by atoms with van der Waals surface area (Å²) >= 11 is 0. The van der Waals surface area contributed by atoms with E-state index in [9.17, 15) is 4.21 Å². The van der Waals surface area contributed by atoms with Crippen LogP contribution in [-0.4, -0.2) is 61.3 Å². The number of anilines is 2. The van der Waals surface area contributed by atoms with Gasteiger partial charge in [0.1, 0.15) is 5.82 Å². The van der Waals surface area contributed by atoms with E-state index in [1.165, 1.54) is 17.3 Å². The van der Waals surface area contributed by atoms with Crippen LogP contribution in [0.2, 0.25) is 0 Å². The Balaban J connectivity index is 1.37. The third-order valence-electron chi connectivity index (χ3n) is 6.83. The molecule has 8 nitrogen and oxygen atoms in total. The van der Waals surface area contributed by atoms with Gasteiger partial charge in [-0.05, 0) is 61.7 Å². The van der Waals surface area contributed by atoms with Crippen molar-refractivity contribution in [1.29, 1.82) is 0 Å². The number of hydrogen-bond donors (Lipinski definition) is 1. The third kappa shape index (κ3) is 5.06. The predicted octanol–water partition coefficient (Wildman–Crippen LogP) is 5.65. The van der Waals surface area contributed by atoms with Crippen molar-refractivity contribution in [2.75, 3.05) is 38.0 Å². The molecular weight excluding hydrogens is 501 g/mol. The van der Waals surface area contributed by atoms with Gasteiger partial charge in [-0.1, -0.05) is 24.3 Å². The van der Waals surface area contributed by atoms with Crippen molar-refractivity contribution in [2.24, 2.45) is 4.36 Å². The molecule has 0 radical (unpaired) electrons. The highest BCUT2D eigenvalue weighted by Crippen LogP contribution is 2.45. The van der Waals surface area contributed by atoms with E-state index < -0.39 is 9.73 Å². The number of fused-ring (bicyclic) bond motifs is 1. The first kappa shape index (κ1) is 24.7. The molecule has 0 bridgehead atoms. The zero-order valence-corrected chi connectivity index (χ0v) is 22.5. The molecule has 4 heterocycles. The highest BCUT2D eigenvalue weighted by atomic mass is 32.2. The van der Waals surface area contributed by atoms with E-state index in [0.717, 1.165) is 38.0 Å². The van der Waals surface area contributed by atoms with E-state index in [0.29, 0.717) is 34.3 Å². The molecule has 3 aromatic heterocycles. The second-order valence-corrected chi connectivity index (χ2v) is 12.9. The molecule has 196 valence electrons. The van der Waals surface area contributed by atoms with Gasteiger partial charge >= 0.3 is 0 Å². The Kier molecular flexibility index (Phi) is 6.23. The van der Waals surface area contributed by atoms with Gasteiger partial charge in [0.15, 0.2) is 17.3 Å². The van der Waals surface area contributed by atoms with Crippen LogP contribution in [0.4, 0.5) is 21.8 Å². The van der Waals surface area contributed by atoms with Crippen molar-refractivity contribution in [3.63, 3.8) is 0 Å². The van der Waals surface area contributed by atoms with Gasteiger partial charge in [-0.25, -0.2) is 18.6 Å². The van der Waals surface area contributed by atoms with Gasteiger partial charge in [-0.3, -0.25) is 4.57 Å². The average molecular weight is 532 g/mol. The van der Waals surface area contributed by atoms with E-state index in [4.69, 9.17) is 4.98 Å². The molecule has 2 aliphatic rings. The summed E-state index contributed by atoms with van der Waals surface area (Å²) in [4.78, 5) is 16.0. The Morgan fingerprint density at radius 1 is 1.11 bits per heavy atom. The first-order valence-electron chi connectivity index (χ1n) is 12.7. The summed E-state index contributed by atoms with van der Waals surface area (Å²) in [5.74, 6) is 0.991. The Bertz CT molecular complexity index is 1670. The zero-order valence-electron chi connectivity index (χ0n) is 21.7. The van der Waals surface area contributed by atoms with Crippen molar-refractivity contribution in [2.45, 2.75) is 25.2 Å². The van der Waals surface area contributed by atoms with Crippen molar-refractivity contribution in [1.82, 2.24) is 24.4 Å². The highest BCUT2D eigenvalue weighted by Gasteiger charge is 2.34. The summed E-state index contributed by atoms with van der Waals surface area (Å²) in [7, 11) is -0.265. The normalized spacial score (nSPS) is 16.5. The van der Waals surface area contributed by atoms with Gasteiger partial charge in [-0.2, -0.15) is 9.35 Å². The minimum atomic E-state index is -2.39. The van der Waals surface area contributed by atoms with Gasteiger partial charge < -0.3 is 10.2 Å². The van der Waals surface area contributed by atoms with E-state index in [-0.39, 0.29) is 11.7 Å². The van der Waals surface area contributed by atoms with E-state index >= 15 is 4.39 Å². The monoisotopic (exact) mass is 531 g/mol. The molecule has 4 aromatic rings. The fraction of sp³-hybridized carbons (Fsp3) is 0.321. The van der Waals surface area contributed by atoms with Crippen LogP contribution in [-0.2, 0) is 9.73 Å². The largest absolute Gasteiger partial charge is 0.324 e. The summed E-state index contributed by atoms with van der Waals surface area (Å²) in [6.45, 7) is 2.02. The van der Waals surface area contributed by atoms with Crippen LogP contribution in [0.15, 0.2) is 59.1 Å². The van der Waals surface area contributed by atoms with Crippen LogP contribution >= 0.6 is 0 Å². The van der Waals surface area contributed by atoms with Crippen LogP contribution < -0.4 is 5.32 Å². The number of nitrogens with one attached hydrogen (secondary N) is 1. The molecule has 1 saturated carbocycles. The Morgan fingerprint density at radius 3 is 2.58 bits per heavy atom. The van der Waals surface area contributed by atoms with Crippen molar-refractivity contribution < 1.29 is 8.60 Å². The molecule has 1 aliphatic carbocycles. The number of nitrogens with zero attached hydrogens (tertiary/aromatic N) is 6. The number of hydrogen-bond acceptors (Lipinski definition) is 7. The number of halogens is 1. The maximum absolute atomic E-state index is 15.6. The molecule has 0 unspecified atom stereocenters. The molecule has 6 rings (SSSR count). The highest BCUT2D eigenvalue weighted by molar-refractivity contribution is 7.92. The Hall–Kier alpha value is -3.63. The van der Waals surface area contributed by atoms with Gasteiger partial charge in [0.25, 0.3) is 0 Å². The van der Waals surface area contributed by atoms with E-state index in [2.05, 4.69) is 49.8 Å². The third-order valence-corrected chi connectivity index (χ3v) is 7.46. The van der Waals surface area contributed by atoms with Crippen molar-refractivity contribution in [3.05, 3.63) is 71.8 Å². The molecular formula is C28H30FN7OS. The smallest absolute Gasteiger partial charge is 0.229 e. The molecule has 1 fully saturated rings. The molecule has 0 atom stereocenters. The molecule has 1 aliphatic heterocycles. The summed E-state index contributed by atoms with van der Waals surface area (Å²) in [6.07, 6.45) is 9.77. The van der Waals surface area contributed by atoms with Gasteiger partial charge in [-0.15, -0.1) is 0 Å². The van der Waals surface area contributed by atoms with Crippen LogP contribution in [0.5, 0.6) is 0 Å². The SMILES string of the molecule is CN1CC=C(c2ccc(Nc3ncc4c(F)c(C5CC5)n(-c5cccc(N=S(C)(C)=O)n5)c4n3)cc2)CC1. The van der Waals surface area contributed by atoms with Gasteiger partial charge in [0.05, 0.1) is 11.1 Å². The molecule has 0 amide bonds. The van der Waals surface area contributed by atoms with Crippen molar-refractivity contribution >= 4 is 43.8 Å². The average Bonchev–Trinajstić information content (AvgIpc) is 3.68. The maximum Gasteiger partial charge on any atom is 0.229 e. The number of benzene rings is 1. The topological polar surface area (TPSA) is 88.3 Å². The van der Waals surface area contributed by atoms with E-state index in [1.54, 1.807) is 35.3 Å². The molecule has 0 spiro atoms. The van der Waals surface area contributed by atoms with E-state index in [1.807, 2.05) is 12.1 Å². The van der Waals surface area contributed by atoms with Crippen LogP contribution in [0.3, 0.4) is 0 Å². The fourth-order valence-corrected chi connectivity index (χ4v) is 5.35. The standard InChI is InChI=1S/C28H30FN7OS/c1-35-15-13-19(14-16-35)18-9-11-21(12-10-18)31-28-30-17-22-25(29)26(20-7-8-20)36(27(22)33-28)24-6-4-5-23(32-24)34-38(2,3)37/h4-6,9-13,17,20H,7-8,14-16H2,1-3H3,(H,30,31,33). The first-order chi connectivity index (χ1) is 18.2. The molecule has 38 heavy (non-hydrogen) atoms. The lowest BCUT2D eigenvalue weighted by atomic mass is 9.99. The van der Waals surface area contributed by atoms with Gasteiger partial charge in [0, 0.05) is 53.1 Å². The molecule has 0 saturated heterocycles. The predicted molar refractivity (Wildman–Crippen MR) is 150 cm³/mol. The minimum absolute atomic E-state index is 0.103. The van der Waals surface area contributed by atoms with Crippen LogP contribution in [0, 0.1) is 5.82 Å². The lowest BCUT2D eigenvalue weighted by Gasteiger charge is -2.22. The van der Waals surface area contributed by atoms with Crippen molar-refractivity contribution in [3.8, 4) is 5.82 Å². The molecule has 1 N–H and O–H groups in total. The minimum Gasteiger partial charge on any atom is -0.324 e. The second-order valence-electron chi connectivity index (χ2n) is 10.3. The molecule has 1 aromatic carbocycles. The lowest BCUT2D eigenvalue weighted by molar-refractivity contribution is 0.370. The lowest BCUT2D eigenvalue weighted by Crippen LogP contribution is -2.23. The summed E-state index contributed by atoms with van der Waals surface area (Å²) in [6, 6.07) is 13.5. The zero-order chi connectivity index (χ0) is 26.4. The number of aromatic nitrogens is 4. The number of pyridine rings is 1. The fourth-order valence-electron chi connectivity index (χ4n) is 4.80. The summed E-state index contributed by atoms with van der Waals surface area (Å²) in [5.41, 5.74) is 4.41. The quantitative estimate of drug-likeness (QED) is 0.346. The molecule has 10 heteroatoms. The van der Waals surface area contributed by atoms with Crippen LogP contribution in [0.25, 0.3) is 22.4 Å². The Morgan fingerprint density at radius 2 is 1.89 bits per heavy atom. The number of rotatable bonds is 6. The number of likely N-dealkylation sites (N-methyl/N-ethyl adjacent to an activating group) is 1. The maximum atomic E-state index is 15.6. The second kappa shape index (κ2) is 9.59. The Labute approximate surface area is 221 Å². The van der Waals surface area contributed by atoms with Crippen LogP contribution in [0.1, 0.15) is 36.4 Å². The summed E-state index contributed by atoms with van der Waals surface area (Å²) in [5, 5.41) is 3.61. The summed E-state index contributed by atoms with van der Waals surface area (Å²) < 4.78 is 33.8. The first-order valence-corrected chi connectivity index (χ1v) is 15.0.